The predicted octanol–water partition coefficient (Wildman–Crippen LogP) is 0.0211. The first-order valence-electron chi connectivity index (χ1n) is 4.96. The van der Waals surface area contributed by atoms with Crippen molar-refractivity contribution in [3.63, 3.8) is 0 Å². The fraction of sp³-hybridized carbons (Fsp3) is 0.500. The smallest absolute Gasteiger partial charge is 0.149 e. The third-order valence-electron chi connectivity index (χ3n) is 2.31. The lowest BCUT2D eigenvalue weighted by Crippen LogP contribution is -2.26. The minimum absolute atomic E-state index is 0.135. The molecular formula is C10H17N3O2S. The maximum absolute atomic E-state index is 11.1. The van der Waals surface area contributed by atoms with Gasteiger partial charge in [-0.2, -0.15) is 0 Å². The number of anilines is 1. The monoisotopic (exact) mass is 243 g/mol. The topological polar surface area (TPSA) is 76.3 Å². The van der Waals surface area contributed by atoms with Crippen LogP contribution >= 0.6 is 0 Å². The Morgan fingerprint density at radius 1 is 1.50 bits per heavy atom. The van der Waals surface area contributed by atoms with Crippen LogP contribution in [0.3, 0.4) is 0 Å². The van der Waals surface area contributed by atoms with Crippen LogP contribution in [0.4, 0.5) is 5.69 Å². The van der Waals surface area contributed by atoms with Crippen molar-refractivity contribution < 1.29 is 8.42 Å². The Hall–Kier alpha value is -1.14. The van der Waals surface area contributed by atoms with Crippen LogP contribution in [0.15, 0.2) is 18.5 Å². The molecule has 0 amide bonds. The molecule has 6 heteroatoms. The summed E-state index contributed by atoms with van der Waals surface area (Å²) in [5.74, 6) is 0.135. The highest BCUT2D eigenvalue weighted by molar-refractivity contribution is 7.90. The molecule has 5 nitrogen and oxygen atoms in total. The molecule has 0 aliphatic heterocycles. The molecule has 1 rings (SSSR count). The van der Waals surface area contributed by atoms with Crippen molar-refractivity contribution >= 4 is 15.5 Å². The van der Waals surface area contributed by atoms with E-state index >= 15 is 0 Å². The molecule has 0 aliphatic rings. The number of sulfone groups is 1. The zero-order valence-electron chi connectivity index (χ0n) is 9.55. The summed E-state index contributed by atoms with van der Waals surface area (Å²) in [6.45, 7) is 0.849. The summed E-state index contributed by atoms with van der Waals surface area (Å²) >= 11 is 0. The molecule has 0 atom stereocenters. The Morgan fingerprint density at radius 2 is 2.19 bits per heavy atom. The SMILES string of the molecule is CN(CCS(C)(=O)=O)c1ccncc1CN. The van der Waals surface area contributed by atoms with Gasteiger partial charge in [-0.3, -0.25) is 4.98 Å². The van der Waals surface area contributed by atoms with Crippen molar-refractivity contribution in [3.8, 4) is 0 Å². The van der Waals surface area contributed by atoms with Gasteiger partial charge in [0.05, 0.1) is 5.75 Å². The van der Waals surface area contributed by atoms with E-state index in [4.69, 9.17) is 5.73 Å². The second-order valence-electron chi connectivity index (χ2n) is 3.76. The van der Waals surface area contributed by atoms with Gasteiger partial charge in [0.1, 0.15) is 9.84 Å². The zero-order chi connectivity index (χ0) is 12.2. The van der Waals surface area contributed by atoms with Gasteiger partial charge in [-0.1, -0.05) is 0 Å². The zero-order valence-corrected chi connectivity index (χ0v) is 10.4. The summed E-state index contributed by atoms with van der Waals surface area (Å²) in [6.07, 6.45) is 4.61. The fourth-order valence-corrected chi connectivity index (χ4v) is 1.98. The molecule has 0 saturated heterocycles. The first-order chi connectivity index (χ1) is 7.44. The van der Waals surface area contributed by atoms with Crippen LogP contribution in [0.1, 0.15) is 5.56 Å². The van der Waals surface area contributed by atoms with Gasteiger partial charge in [0, 0.05) is 50.0 Å². The molecule has 0 unspecified atom stereocenters. The Labute approximate surface area is 96.2 Å². The molecule has 0 radical (unpaired) electrons. The summed E-state index contributed by atoms with van der Waals surface area (Å²) in [5, 5.41) is 0. The Morgan fingerprint density at radius 3 is 2.75 bits per heavy atom. The molecule has 0 bridgehead atoms. The van der Waals surface area contributed by atoms with Crippen molar-refractivity contribution in [2.75, 3.05) is 30.5 Å². The molecule has 1 heterocycles. The van der Waals surface area contributed by atoms with E-state index in [1.807, 2.05) is 18.0 Å². The molecular weight excluding hydrogens is 226 g/mol. The Kier molecular flexibility index (Phi) is 4.26. The van der Waals surface area contributed by atoms with E-state index in [9.17, 15) is 8.42 Å². The maximum Gasteiger partial charge on any atom is 0.149 e. The van der Waals surface area contributed by atoms with Gasteiger partial charge < -0.3 is 10.6 Å². The Balaban J connectivity index is 2.76. The van der Waals surface area contributed by atoms with E-state index in [2.05, 4.69) is 4.98 Å². The molecule has 0 spiro atoms. The van der Waals surface area contributed by atoms with E-state index in [1.165, 1.54) is 6.26 Å². The highest BCUT2D eigenvalue weighted by Crippen LogP contribution is 2.16. The summed E-state index contributed by atoms with van der Waals surface area (Å²) in [6, 6.07) is 1.84. The first-order valence-corrected chi connectivity index (χ1v) is 7.02. The van der Waals surface area contributed by atoms with E-state index < -0.39 is 9.84 Å². The second kappa shape index (κ2) is 5.27. The molecule has 0 aliphatic carbocycles. The molecule has 1 aromatic rings. The summed E-state index contributed by atoms with van der Waals surface area (Å²) < 4.78 is 22.1. The van der Waals surface area contributed by atoms with Crippen LogP contribution in [-0.2, 0) is 16.4 Å². The quantitative estimate of drug-likeness (QED) is 0.789. The summed E-state index contributed by atoms with van der Waals surface area (Å²) in [5.41, 5.74) is 7.43. The van der Waals surface area contributed by atoms with Crippen molar-refractivity contribution in [1.29, 1.82) is 0 Å². The van der Waals surface area contributed by atoms with Gasteiger partial charge in [-0.25, -0.2) is 8.42 Å². The van der Waals surface area contributed by atoms with Gasteiger partial charge in [0.25, 0.3) is 0 Å². The number of pyridine rings is 1. The maximum atomic E-state index is 11.1. The largest absolute Gasteiger partial charge is 0.373 e. The standard InChI is InChI=1S/C10H17N3O2S/c1-13(5-6-16(2,14)15)10-3-4-12-8-9(10)7-11/h3-4,8H,5-7,11H2,1-2H3. The van der Waals surface area contributed by atoms with Crippen LogP contribution in [0, 0.1) is 0 Å². The van der Waals surface area contributed by atoms with Crippen LogP contribution in [0.5, 0.6) is 0 Å². The van der Waals surface area contributed by atoms with Crippen molar-refractivity contribution in [2.24, 2.45) is 5.73 Å². The number of hydrogen-bond acceptors (Lipinski definition) is 5. The van der Waals surface area contributed by atoms with Gasteiger partial charge in [-0.05, 0) is 6.07 Å². The molecule has 0 aromatic carbocycles. The lowest BCUT2D eigenvalue weighted by atomic mass is 10.2. The van der Waals surface area contributed by atoms with Gasteiger partial charge in [0.15, 0.2) is 0 Å². The average molecular weight is 243 g/mol. The predicted molar refractivity (Wildman–Crippen MR) is 65.1 cm³/mol. The molecule has 16 heavy (non-hydrogen) atoms. The third-order valence-corrected chi connectivity index (χ3v) is 3.23. The summed E-state index contributed by atoms with van der Waals surface area (Å²) in [7, 11) is -1.09. The number of hydrogen-bond donors (Lipinski definition) is 1. The molecule has 0 fully saturated rings. The minimum Gasteiger partial charge on any atom is -0.373 e. The molecule has 90 valence electrons. The number of rotatable bonds is 5. The fourth-order valence-electron chi connectivity index (χ4n) is 1.37. The highest BCUT2D eigenvalue weighted by atomic mass is 32.2. The number of aromatic nitrogens is 1. The van der Waals surface area contributed by atoms with Gasteiger partial charge in [0.2, 0.25) is 0 Å². The van der Waals surface area contributed by atoms with Crippen LogP contribution in [-0.4, -0.2) is 39.0 Å². The van der Waals surface area contributed by atoms with Gasteiger partial charge in [-0.15, -0.1) is 0 Å². The number of nitrogens with zero attached hydrogens (tertiary/aromatic N) is 2. The first kappa shape index (κ1) is 12.9. The van der Waals surface area contributed by atoms with Crippen LogP contribution < -0.4 is 10.6 Å². The highest BCUT2D eigenvalue weighted by Gasteiger charge is 2.09. The number of nitrogens with two attached hydrogens (primary N) is 1. The van der Waals surface area contributed by atoms with Crippen LogP contribution in [0.2, 0.25) is 0 Å². The van der Waals surface area contributed by atoms with E-state index in [0.29, 0.717) is 13.1 Å². The van der Waals surface area contributed by atoms with E-state index in [1.54, 1.807) is 12.4 Å². The van der Waals surface area contributed by atoms with E-state index in [0.717, 1.165) is 11.3 Å². The minimum atomic E-state index is -2.94. The second-order valence-corrected chi connectivity index (χ2v) is 6.02. The van der Waals surface area contributed by atoms with Crippen LogP contribution in [0.25, 0.3) is 0 Å². The lowest BCUT2D eigenvalue weighted by molar-refractivity contribution is 0.601. The normalized spacial score (nSPS) is 11.4. The third kappa shape index (κ3) is 3.79. The Bertz CT molecular complexity index is 445. The summed E-state index contributed by atoms with van der Waals surface area (Å²) in [4.78, 5) is 5.86. The molecule has 0 saturated carbocycles. The lowest BCUT2D eigenvalue weighted by Gasteiger charge is -2.21. The van der Waals surface area contributed by atoms with E-state index in [-0.39, 0.29) is 5.75 Å². The van der Waals surface area contributed by atoms with Crippen molar-refractivity contribution in [3.05, 3.63) is 24.0 Å². The average Bonchev–Trinajstić information content (AvgIpc) is 2.25. The molecule has 1 aromatic heterocycles. The van der Waals surface area contributed by atoms with Crippen molar-refractivity contribution in [2.45, 2.75) is 6.54 Å². The molecule has 2 N–H and O–H groups in total. The van der Waals surface area contributed by atoms with Crippen molar-refractivity contribution in [1.82, 2.24) is 4.98 Å². The van der Waals surface area contributed by atoms with Gasteiger partial charge >= 0.3 is 0 Å².